The van der Waals surface area contributed by atoms with Crippen LogP contribution in [-0.2, 0) is 6.42 Å². The van der Waals surface area contributed by atoms with E-state index in [-0.39, 0.29) is 6.04 Å². The third kappa shape index (κ3) is 2.76. The Bertz CT molecular complexity index is 501. The Balaban J connectivity index is 2.21. The maximum Gasteiger partial charge on any atom is 0.110 e. The van der Waals surface area contributed by atoms with Crippen molar-refractivity contribution in [1.82, 2.24) is 4.98 Å². The lowest BCUT2D eigenvalue weighted by Gasteiger charge is -2.04. The van der Waals surface area contributed by atoms with Crippen LogP contribution < -0.4 is 5.73 Å². The average molecular weight is 250 g/mol. The van der Waals surface area contributed by atoms with Gasteiger partial charge in [-0.15, -0.1) is 11.3 Å². The lowest BCUT2D eigenvalue weighted by atomic mass is 10.2. The van der Waals surface area contributed by atoms with E-state index in [1.54, 1.807) is 11.3 Å². The highest BCUT2D eigenvalue weighted by atomic mass is 32.1. The molecule has 17 heavy (non-hydrogen) atoms. The third-order valence-corrected chi connectivity index (χ3v) is 3.70. The molecule has 2 aromatic rings. The number of aromatic nitrogens is 1. The highest BCUT2D eigenvalue weighted by molar-refractivity contribution is 7.09. The van der Waals surface area contributed by atoms with E-state index < -0.39 is 0 Å². The van der Waals surface area contributed by atoms with Gasteiger partial charge in [-0.25, -0.2) is 4.98 Å². The Morgan fingerprint density at radius 2 is 2.24 bits per heavy atom. The van der Waals surface area contributed by atoms with Gasteiger partial charge in [-0.3, -0.25) is 0 Å². The quantitative estimate of drug-likeness (QED) is 0.905. The molecule has 2 rings (SSSR count). The summed E-state index contributed by atoms with van der Waals surface area (Å²) in [7, 11) is 0. The molecule has 0 spiro atoms. The Morgan fingerprint density at radius 3 is 2.82 bits per heavy atom. The van der Waals surface area contributed by atoms with Crippen LogP contribution in [0.3, 0.4) is 0 Å². The highest BCUT2D eigenvalue weighted by Crippen LogP contribution is 2.28. The fourth-order valence-corrected chi connectivity index (χ4v) is 2.67. The number of rotatable bonds is 4. The van der Waals surface area contributed by atoms with Crippen LogP contribution >= 0.6 is 11.3 Å². The molecule has 0 radical (unpaired) electrons. The van der Waals surface area contributed by atoms with E-state index in [9.17, 15) is 0 Å². The summed E-state index contributed by atoms with van der Waals surface area (Å²) < 4.78 is 5.52. The number of aryl methyl sites for hydroxylation is 2. The van der Waals surface area contributed by atoms with Crippen molar-refractivity contribution in [1.29, 1.82) is 0 Å². The second-order valence-corrected chi connectivity index (χ2v) is 5.27. The summed E-state index contributed by atoms with van der Waals surface area (Å²) in [5.74, 6) is 1.86. The molecule has 92 valence electrons. The summed E-state index contributed by atoms with van der Waals surface area (Å²) in [5, 5.41) is 3.18. The zero-order valence-corrected chi connectivity index (χ0v) is 11.3. The summed E-state index contributed by atoms with van der Waals surface area (Å²) in [4.78, 5) is 4.62. The van der Waals surface area contributed by atoms with Crippen molar-refractivity contribution in [3.63, 3.8) is 0 Å². The van der Waals surface area contributed by atoms with E-state index in [2.05, 4.69) is 17.3 Å². The lowest BCUT2D eigenvalue weighted by Crippen LogP contribution is -2.21. The van der Waals surface area contributed by atoms with E-state index in [1.807, 2.05) is 19.9 Å². The van der Waals surface area contributed by atoms with Crippen molar-refractivity contribution in [3.8, 4) is 11.3 Å². The zero-order chi connectivity index (χ0) is 12.4. The molecule has 2 N–H and O–H groups in total. The summed E-state index contributed by atoms with van der Waals surface area (Å²) in [5.41, 5.74) is 8.03. The minimum absolute atomic E-state index is 0.209. The predicted octanol–water partition coefficient (Wildman–Crippen LogP) is 3.30. The van der Waals surface area contributed by atoms with Crippen LogP contribution in [0.2, 0.25) is 0 Å². The van der Waals surface area contributed by atoms with Crippen molar-refractivity contribution >= 4 is 11.3 Å². The van der Waals surface area contributed by atoms with E-state index in [0.29, 0.717) is 0 Å². The molecule has 2 heterocycles. The number of furan rings is 1. The van der Waals surface area contributed by atoms with E-state index in [0.717, 1.165) is 40.6 Å². The highest BCUT2D eigenvalue weighted by Gasteiger charge is 2.12. The molecule has 4 heteroatoms. The first-order chi connectivity index (χ1) is 8.10. The molecule has 0 aliphatic rings. The lowest BCUT2D eigenvalue weighted by molar-refractivity contribution is 0.505. The van der Waals surface area contributed by atoms with Gasteiger partial charge in [-0.2, -0.15) is 0 Å². The van der Waals surface area contributed by atoms with Gasteiger partial charge in [0.15, 0.2) is 0 Å². The second kappa shape index (κ2) is 5.02. The molecule has 1 unspecified atom stereocenters. The average Bonchev–Trinajstić information content (AvgIpc) is 2.85. The molecular weight excluding hydrogens is 232 g/mol. The van der Waals surface area contributed by atoms with Gasteiger partial charge in [0.05, 0.1) is 10.7 Å². The molecule has 0 aromatic carbocycles. The SMILES string of the molecule is CCC(N)Cc1nc(-c2cc(C)oc2C)cs1. The maximum atomic E-state index is 5.94. The Kier molecular flexibility index (Phi) is 3.64. The molecule has 0 bridgehead atoms. The number of hydrogen-bond donors (Lipinski definition) is 1. The largest absolute Gasteiger partial charge is 0.466 e. The van der Waals surface area contributed by atoms with E-state index >= 15 is 0 Å². The van der Waals surface area contributed by atoms with E-state index in [4.69, 9.17) is 10.2 Å². The first-order valence-electron chi connectivity index (χ1n) is 5.87. The molecule has 0 fully saturated rings. The van der Waals surface area contributed by atoms with Crippen molar-refractivity contribution in [3.05, 3.63) is 28.0 Å². The molecule has 0 aliphatic heterocycles. The van der Waals surface area contributed by atoms with Gasteiger partial charge in [-0.1, -0.05) is 6.92 Å². The van der Waals surface area contributed by atoms with Gasteiger partial charge in [-0.05, 0) is 26.3 Å². The van der Waals surface area contributed by atoms with Gasteiger partial charge in [0.25, 0.3) is 0 Å². The molecule has 1 atom stereocenters. The van der Waals surface area contributed by atoms with Crippen molar-refractivity contribution in [2.75, 3.05) is 0 Å². The fraction of sp³-hybridized carbons (Fsp3) is 0.462. The molecule has 0 saturated heterocycles. The van der Waals surface area contributed by atoms with Crippen LogP contribution in [0.25, 0.3) is 11.3 Å². The molecule has 0 aliphatic carbocycles. The molecular formula is C13H18N2OS. The summed E-state index contributed by atoms with van der Waals surface area (Å²) in [6.45, 7) is 6.03. The van der Waals surface area contributed by atoms with Crippen LogP contribution in [-0.4, -0.2) is 11.0 Å². The van der Waals surface area contributed by atoms with Crippen LogP contribution in [0, 0.1) is 13.8 Å². The Hall–Kier alpha value is -1.13. The number of nitrogens with two attached hydrogens (primary N) is 1. The maximum absolute atomic E-state index is 5.94. The Morgan fingerprint density at radius 1 is 1.47 bits per heavy atom. The molecule has 2 aromatic heterocycles. The van der Waals surface area contributed by atoms with Crippen molar-refractivity contribution in [2.45, 2.75) is 39.7 Å². The smallest absolute Gasteiger partial charge is 0.110 e. The van der Waals surface area contributed by atoms with E-state index in [1.165, 1.54) is 0 Å². The number of hydrogen-bond acceptors (Lipinski definition) is 4. The first kappa shape index (κ1) is 12.3. The van der Waals surface area contributed by atoms with Crippen LogP contribution in [0.1, 0.15) is 29.9 Å². The minimum Gasteiger partial charge on any atom is -0.466 e. The summed E-state index contributed by atoms with van der Waals surface area (Å²) in [6.07, 6.45) is 1.84. The van der Waals surface area contributed by atoms with Crippen LogP contribution in [0.5, 0.6) is 0 Å². The zero-order valence-electron chi connectivity index (χ0n) is 10.5. The summed E-state index contributed by atoms with van der Waals surface area (Å²) >= 11 is 1.67. The fourth-order valence-electron chi connectivity index (χ4n) is 1.78. The normalized spacial score (nSPS) is 12.9. The standard InChI is InChI=1S/C13H18N2OS/c1-4-10(14)6-13-15-12(7-17-13)11-5-8(2)16-9(11)3/h5,7,10H,4,6,14H2,1-3H3. The van der Waals surface area contributed by atoms with Crippen molar-refractivity contribution < 1.29 is 4.42 Å². The molecule has 0 saturated carbocycles. The summed E-state index contributed by atoms with van der Waals surface area (Å²) in [6, 6.07) is 2.25. The monoisotopic (exact) mass is 250 g/mol. The van der Waals surface area contributed by atoms with Gasteiger partial charge in [0.1, 0.15) is 11.5 Å². The third-order valence-electron chi connectivity index (χ3n) is 2.83. The molecule has 3 nitrogen and oxygen atoms in total. The van der Waals surface area contributed by atoms with Crippen LogP contribution in [0.15, 0.2) is 15.9 Å². The first-order valence-corrected chi connectivity index (χ1v) is 6.75. The van der Waals surface area contributed by atoms with Gasteiger partial charge >= 0.3 is 0 Å². The van der Waals surface area contributed by atoms with Crippen molar-refractivity contribution in [2.24, 2.45) is 5.73 Å². The van der Waals surface area contributed by atoms with Crippen LogP contribution in [0.4, 0.5) is 0 Å². The number of nitrogens with zero attached hydrogens (tertiary/aromatic N) is 1. The van der Waals surface area contributed by atoms with Gasteiger partial charge in [0, 0.05) is 23.4 Å². The minimum atomic E-state index is 0.209. The number of thiazole rings is 1. The molecule has 0 amide bonds. The van der Waals surface area contributed by atoms with Gasteiger partial charge < -0.3 is 10.2 Å². The Labute approximate surface area is 106 Å². The second-order valence-electron chi connectivity index (χ2n) is 4.33. The topological polar surface area (TPSA) is 52.0 Å². The van der Waals surface area contributed by atoms with Gasteiger partial charge in [0.2, 0.25) is 0 Å². The predicted molar refractivity (Wildman–Crippen MR) is 71.3 cm³/mol.